The molecule has 1 aromatic heterocycles. The van der Waals surface area contributed by atoms with E-state index in [4.69, 9.17) is 18.0 Å². The zero-order valence-electron chi connectivity index (χ0n) is 12.1. The monoisotopic (exact) mass is 295 g/mol. The molecule has 0 bridgehead atoms. The van der Waals surface area contributed by atoms with E-state index in [0.717, 1.165) is 12.8 Å². The molecular formula is C14H21N3O2S. The van der Waals surface area contributed by atoms with Gasteiger partial charge in [0.2, 0.25) is 5.91 Å². The lowest BCUT2D eigenvalue weighted by molar-refractivity contribution is -0.122. The number of hydrogen-bond acceptors (Lipinski definition) is 3. The number of aromatic nitrogens is 1. The molecule has 1 rings (SSSR count). The van der Waals surface area contributed by atoms with Crippen LogP contribution in [0.5, 0.6) is 0 Å². The molecule has 1 aromatic rings. The number of thiocarbonyl (C=S) groups is 1. The number of nitrogens with zero attached hydrogens (tertiary/aromatic N) is 1. The maximum atomic E-state index is 12.2. The Morgan fingerprint density at radius 1 is 1.50 bits per heavy atom. The molecule has 1 heterocycles. The standard InChI is InChI=1S/C14H21N3O2S/c1-4-5-9(2)16-12(18)8-17-10(3)6-7-11(13(15)20)14(17)19/h6-7,9H,4-5,8H2,1-3H3,(H2,15,20)(H,16,18). The maximum absolute atomic E-state index is 12.2. The van der Waals surface area contributed by atoms with Crippen LogP contribution in [0, 0.1) is 6.92 Å². The number of hydrogen-bond donors (Lipinski definition) is 2. The second-order valence-corrected chi connectivity index (χ2v) is 5.34. The fourth-order valence-corrected chi connectivity index (χ4v) is 2.18. The fraction of sp³-hybridized carbons (Fsp3) is 0.500. The van der Waals surface area contributed by atoms with Crippen LogP contribution in [0.3, 0.4) is 0 Å². The molecule has 110 valence electrons. The molecule has 0 aliphatic carbocycles. The average Bonchev–Trinajstić information content (AvgIpc) is 2.34. The highest BCUT2D eigenvalue weighted by molar-refractivity contribution is 7.80. The van der Waals surface area contributed by atoms with Gasteiger partial charge < -0.3 is 15.6 Å². The van der Waals surface area contributed by atoms with Crippen LogP contribution in [0.1, 0.15) is 37.9 Å². The van der Waals surface area contributed by atoms with Crippen LogP contribution in [-0.2, 0) is 11.3 Å². The van der Waals surface area contributed by atoms with Gasteiger partial charge in [0.1, 0.15) is 11.5 Å². The van der Waals surface area contributed by atoms with Gasteiger partial charge in [0.15, 0.2) is 0 Å². The van der Waals surface area contributed by atoms with Crippen molar-refractivity contribution in [2.75, 3.05) is 0 Å². The highest BCUT2D eigenvalue weighted by Crippen LogP contribution is 2.00. The Bertz CT molecular complexity index is 566. The SMILES string of the molecule is CCCC(C)NC(=O)Cn1c(C)ccc(C(N)=S)c1=O. The van der Waals surface area contributed by atoms with E-state index in [1.807, 2.05) is 6.92 Å². The summed E-state index contributed by atoms with van der Waals surface area (Å²) in [5, 5.41) is 2.87. The summed E-state index contributed by atoms with van der Waals surface area (Å²) in [7, 11) is 0. The molecule has 6 heteroatoms. The minimum Gasteiger partial charge on any atom is -0.389 e. The number of carbonyl (C=O) groups is 1. The summed E-state index contributed by atoms with van der Waals surface area (Å²) in [6.45, 7) is 5.76. The molecule has 0 aromatic carbocycles. The number of nitrogens with one attached hydrogen (secondary N) is 1. The van der Waals surface area contributed by atoms with Gasteiger partial charge in [-0.15, -0.1) is 0 Å². The number of nitrogens with two attached hydrogens (primary N) is 1. The lowest BCUT2D eigenvalue weighted by Gasteiger charge is -2.15. The summed E-state index contributed by atoms with van der Waals surface area (Å²) in [6, 6.07) is 3.43. The molecule has 3 N–H and O–H groups in total. The third-order valence-electron chi connectivity index (χ3n) is 3.09. The fourth-order valence-electron chi connectivity index (χ4n) is 2.02. The average molecular weight is 295 g/mol. The lowest BCUT2D eigenvalue weighted by atomic mass is 10.2. The summed E-state index contributed by atoms with van der Waals surface area (Å²) in [6.07, 6.45) is 1.91. The van der Waals surface area contributed by atoms with E-state index in [2.05, 4.69) is 12.2 Å². The Hall–Kier alpha value is -1.69. The predicted octanol–water partition coefficient (Wildman–Crippen LogP) is 1.10. The molecule has 0 radical (unpaired) electrons. The first kappa shape index (κ1) is 16.4. The van der Waals surface area contributed by atoms with Crippen molar-refractivity contribution < 1.29 is 4.79 Å². The van der Waals surface area contributed by atoms with Gasteiger partial charge in [-0.3, -0.25) is 9.59 Å². The molecule has 0 saturated carbocycles. The van der Waals surface area contributed by atoms with Crippen molar-refractivity contribution in [2.45, 2.75) is 46.2 Å². The van der Waals surface area contributed by atoms with Gasteiger partial charge in [-0.1, -0.05) is 25.6 Å². The lowest BCUT2D eigenvalue weighted by Crippen LogP contribution is -2.39. The Labute approximate surface area is 124 Å². The largest absolute Gasteiger partial charge is 0.389 e. The van der Waals surface area contributed by atoms with E-state index in [1.165, 1.54) is 4.57 Å². The van der Waals surface area contributed by atoms with Crippen molar-refractivity contribution >= 4 is 23.1 Å². The van der Waals surface area contributed by atoms with E-state index in [-0.39, 0.29) is 34.6 Å². The maximum Gasteiger partial charge on any atom is 0.261 e. The Balaban J connectivity index is 2.92. The quantitative estimate of drug-likeness (QED) is 0.770. The summed E-state index contributed by atoms with van der Waals surface area (Å²) >= 11 is 4.83. The molecule has 20 heavy (non-hydrogen) atoms. The Morgan fingerprint density at radius 3 is 2.70 bits per heavy atom. The van der Waals surface area contributed by atoms with Crippen molar-refractivity contribution in [3.63, 3.8) is 0 Å². The first-order chi connectivity index (χ1) is 9.36. The smallest absolute Gasteiger partial charge is 0.261 e. The molecule has 1 unspecified atom stereocenters. The summed E-state index contributed by atoms with van der Waals surface area (Å²) in [5.41, 5.74) is 6.14. The number of aryl methyl sites for hydroxylation is 1. The van der Waals surface area contributed by atoms with Crippen LogP contribution in [-0.4, -0.2) is 21.5 Å². The van der Waals surface area contributed by atoms with Crippen molar-refractivity contribution in [3.05, 3.63) is 33.7 Å². The minimum atomic E-state index is -0.323. The third kappa shape index (κ3) is 4.16. The highest BCUT2D eigenvalue weighted by atomic mass is 32.1. The van der Waals surface area contributed by atoms with Gasteiger partial charge in [-0.2, -0.15) is 0 Å². The predicted molar refractivity (Wildman–Crippen MR) is 83.8 cm³/mol. The first-order valence-electron chi connectivity index (χ1n) is 6.66. The van der Waals surface area contributed by atoms with Gasteiger partial charge in [0.25, 0.3) is 5.56 Å². The second kappa shape index (κ2) is 7.19. The van der Waals surface area contributed by atoms with Gasteiger partial charge in [0, 0.05) is 11.7 Å². The molecule has 5 nitrogen and oxygen atoms in total. The first-order valence-corrected chi connectivity index (χ1v) is 7.07. The van der Waals surface area contributed by atoms with E-state index < -0.39 is 0 Å². The van der Waals surface area contributed by atoms with Crippen molar-refractivity contribution in [1.29, 1.82) is 0 Å². The summed E-state index contributed by atoms with van der Waals surface area (Å²) < 4.78 is 1.39. The Morgan fingerprint density at radius 2 is 2.15 bits per heavy atom. The van der Waals surface area contributed by atoms with Crippen LogP contribution in [0.15, 0.2) is 16.9 Å². The normalized spacial score (nSPS) is 11.9. The van der Waals surface area contributed by atoms with Crippen LogP contribution in [0.2, 0.25) is 0 Å². The van der Waals surface area contributed by atoms with Crippen molar-refractivity contribution in [2.24, 2.45) is 5.73 Å². The topological polar surface area (TPSA) is 77.1 Å². The van der Waals surface area contributed by atoms with Crippen molar-refractivity contribution in [1.82, 2.24) is 9.88 Å². The molecule has 0 saturated heterocycles. The van der Waals surface area contributed by atoms with E-state index in [1.54, 1.807) is 19.1 Å². The van der Waals surface area contributed by atoms with Crippen LogP contribution < -0.4 is 16.6 Å². The highest BCUT2D eigenvalue weighted by Gasteiger charge is 2.13. The number of carbonyl (C=O) groups excluding carboxylic acids is 1. The number of rotatable bonds is 6. The molecule has 0 aliphatic rings. The summed E-state index contributed by atoms with van der Waals surface area (Å²) in [4.78, 5) is 24.2. The molecule has 0 fully saturated rings. The van der Waals surface area contributed by atoms with Gasteiger partial charge in [-0.25, -0.2) is 0 Å². The zero-order valence-corrected chi connectivity index (χ0v) is 12.9. The number of pyridine rings is 1. The van der Waals surface area contributed by atoms with Gasteiger partial charge >= 0.3 is 0 Å². The van der Waals surface area contributed by atoms with E-state index in [0.29, 0.717) is 5.69 Å². The zero-order chi connectivity index (χ0) is 15.3. The van der Waals surface area contributed by atoms with Gasteiger partial charge in [0.05, 0.1) is 5.56 Å². The molecule has 0 aliphatic heterocycles. The summed E-state index contributed by atoms with van der Waals surface area (Å²) in [5.74, 6) is -0.184. The number of amides is 1. The molecular weight excluding hydrogens is 274 g/mol. The molecule has 0 spiro atoms. The third-order valence-corrected chi connectivity index (χ3v) is 3.31. The molecule has 1 atom stereocenters. The molecule has 1 amide bonds. The van der Waals surface area contributed by atoms with Gasteiger partial charge in [-0.05, 0) is 32.4 Å². The van der Waals surface area contributed by atoms with E-state index >= 15 is 0 Å². The minimum absolute atomic E-state index is 0.0187. The van der Waals surface area contributed by atoms with Crippen LogP contribution in [0.4, 0.5) is 0 Å². The van der Waals surface area contributed by atoms with E-state index in [9.17, 15) is 9.59 Å². The van der Waals surface area contributed by atoms with Crippen LogP contribution in [0.25, 0.3) is 0 Å². The van der Waals surface area contributed by atoms with Crippen LogP contribution >= 0.6 is 12.2 Å². The second-order valence-electron chi connectivity index (χ2n) is 4.90. The van der Waals surface area contributed by atoms with Crippen molar-refractivity contribution in [3.8, 4) is 0 Å². The Kier molecular flexibility index (Phi) is 5.88.